The maximum Gasteiger partial charge on any atom is 0.322 e. The van der Waals surface area contributed by atoms with Crippen molar-refractivity contribution in [3.05, 3.63) is 74.9 Å². The summed E-state index contributed by atoms with van der Waals surface area (Å²) in [6.45, 7) is 1.59. The van der Waals surface area contributed by atoms with Crippen molar-refractivity contribution in [1.29, 1.82) is 0 Å². The van der Waals surface area contributed by atoms with Crippen molar-refractivity contribution >= 4 is 34.1 Å². The van der Waals surface area contributed by atoms with Gasteiger partial charge in [0.05, 0.1) is 16.5 Å². The molecule has 0 aliphatic rings. The molecular weight excluding hydrogens is 447 g/mol. The summed E-state index contributed by atoms with van der Waals surface area (Å²) in [5, 5.41) is 11.9. The number of halogens is 4. The van der Waals surface area contributed by atoms with Gasteiger partial charge in [0, 0.05) is 32.1 Å². The lowest BCUT2D eigenvalue weighted by Gasteiger charge is -2.30. The number of aliphatic hydroxyl groups is 1. The van der Waals surface area contributed by atoms with Crippen LogP contribution in [-0.4, -0.2) is 33.8 Å². The average Bonchev–Trinajstić information content (AvgIpc) is 2.75. The molecule has 0 aliphatic heterocycles. The largest absolute Gasteiger partial charge is 0.396 e. The molecule has 3 rings (SSSR count). The molecule has 0 spiro atoms. The van der Waals surface area contributed by atoms with Gasteiger partial charge in [-0.05, 0) is 54.6 Å². The molecule has 32 heavy (non-hydrogen) atoms. The Bertz CT molecular complexity index is 1230. The summed E-state index contributed by atoms with van der Waals surface area (Å²) < 4.78 is 42.4. The van der Waals surface area contributed by atoms with Gasteiger partial charge in [-0.2, -0.15) is 0 Å². The fourth-order valence-corrected chi connectivity index (χ4v) is 3.65. The van der Waals surface area contributed by atoms with Crippen LogP contribution in [-0.2, 0) is 7.05 Å². The van der Waals surface area contributed by atoms with Crippen LogP contribution in [0.15, 0.2) is 41.3 Å². The summed E-state index contributed by atoms with van der Waals surface area (Å²) in [5.74, 6) is -2.91. The number of nitrogens with one attached hydrogen (secondary N) is 1. The van der Waals surface area contributed by atoms with E-state index in [1.807, 2.05) is 0 Å². The normalized spacial score (nSPS) is 12.1. The first kappa shape index (κ1) is 23.6. The first-order valence-electron chi connectivity index (χ1n) is 9.75. The number of aryl methyl sites for hydroxylation is 1. The van der Waals surface area contributed by atoms with Gasteiger partial charge in [-0.1, -0.05) is 11.6 Å². The van der Waals surface area contributed by atoms with Gasteiger partial charge in [0.1, 0.15) is 5.82 Å². The number of rotatable bonds is 6. The number of urea groups is 1. The molecule has 10 heteroatoms. The molecule has 1 atom stereocenters. The van der Waals surface area contributed by atoms with E-state index >= 15 is 0 Å². The summed E-state index contributed by atoms with van der Waals surface area (Å²) in [6.07, 6.45) is 1.70. The molecule has 3 aromatic rings. The molecule has 0 unspecified atom stereocenters. The second-order valence-corrected chi connectivity index (χ2v) is 7.73. The highest BCUT2D eigenvalue weighted by Crippen LogP contribution is 2.29. The molecule has 0 aliphatic carbocycles. The Morgan fingerprint density at radius 2 is 1.81 bits per heavy atom. The summed E-state index contributed by atoms with van der Waals surface area (Å²) in [4.78, 5) is 26.8. The smallest absolute Gasteiger partial charge is 0.322 e. The number of pyridine rings is 1. The molecule has 2 amide bonds. The van der Waals surface area contributed by atoms with Gasteiger partial charge < -0.3 is 19.9 Å². The Morgan fingerprint density at radius 3 is 2.44 bits per heavy atom. The van der Waals surface area contributed by atoms with Crippen LogP contribution in [0.5, 0.6) is 0 Å². The molecule has 0 saturated carbocycles. The van der Waals surface area contributed by atoms with Crippen LogP contribution in [0.3, 0.4) is 0 Å². The lowest BCUT2D eigenvalue weighted by molar-refractivity contribution is 0.182. The average molecular weight is 468 g/mol. The van der Waals surface area contributed by atoms with Crippen LogP contribution in [0.4, 0.5) is 23.7 Å². The minimum atomic E-state index is -1.15. The van der Waals surface area contributed by atoms with E-state index in [0.29, 0.717) is 5.56 Å². The molecule has 0 fully saturated rings. The van der Waals surface area contributed by atoms with Crippen LogP contribution >= 0.6 is 11.6 Å². The zero-order chi connectivity index (χ0) is 23.6. The maximum absolute atomic E-state index is 14.0. The van der Waals surface area contributed by atoms with E-state index in [1.165, 1.54) is 34.8 Å². The number of carbonyl (C=O) groups is 1. The SMILES string of the molecule is C[C@H](c1cn(C)c(=O)c2cc(F)c(F)cc12)N(CCCO)C(=O)Nc1ccc(F)c(Cl)c1. The van der Waals surface area contributed by atoms with Crippen molar-refractivity contribution in [2.75, 3.05) is 18.5 Å². The van der Waals surface area contributed by atoms with E-state index in [0.717, 1.165) is 18.2 Å². The minimum absolute atomic E-state index is 0.0245. The van der Waals surface area contributed by atoms with Gasteiger partial charge >= 0.3 is 6.03 Å². The van der Waals surface area contributed by atoms with Crippen molar-refractivity contribution < 1.29 is 23.1 Å². The highest BCUT2D eigenvalue weighted by atomic mass is 35.5. The molecule has 2 N–H and O–H groups in total. The van der Waals surface area contributed by atoms with Gasteiger partial charge in [0.15, 0.2) is 11.6 Å². The van der Waals surface area contributed by atoms with Crippen LogP contribution in [0, 0.1) is 17.5 Å². The minimum Gasteiger partial charge on any atom is -0.396 e. The Labute approximate surface area is 186 Å². The first-order valence-corrected chi connectivity index (χ1v) is 10.1. The molecule has 2 aromatic carbocycles. The second-order valence-electron chi connectivity index (χ2n) is 7.32. The van der Waals surface area contributed by atoms with Crippen LogP contribution in [0.1, 0.15) is 24.9 Å². The van der Waals surface area contributed by atoms with Crippen molar-refractivity contribution in [2.24, 2.45) is 7.05 Å². The Balaban J connectivity index is 2.04. The van der Waals surface area contributed by atoms with E-state index < -0.39 is 35.1 Å². The molecule has 6 nitrogen and oxygen atoms in total. The highest BCUT2D eigenvalue weighted by Gasteiger charge is 2.25. The molecule has 170 valence electrons. The predicted molar refractivity (Wildman–Crippen MR) is 116 cm³/mol. The van der Waals surface area contributed by atoms with Crippen molar-refractivity contribution in [3.8, 4) is 0 Å². The van der Waals surface area contributed by atoms with Crippen molar-refractivity contribution in [1.82, 2.24) is 9.47 Å². The lowest BCUT2D eigenvalue weighted by atomic mass is 10.0. The van der Waals surface area contributed by atoms with E-state index in [4.69, 9.17) is 11.6 Å². The summed E-state index contributed by atoms with van der Waals surface area (Å²) in [5.41, 5.74) is 0.148. The van der Waals surface area contributed by atoms with Crippen LogP contribution in [0.2, 0.25) is 5.02 Å². The third-order valence-corrected chi connectivity index (χ3v) is 5.45. The number of amides is 2. The Morgan fingerprint density at radius 1 is 1.16 bits per heavy atom. The van der Waals surface area contributed by atoms with E-state index in [1.54, 1.807) is 6.92 Å². The fourth-order valence-electron chi connectivity index (χ4n) is 3.47. The summed E-state index contributed by atoms with van der Waals surface area (Å²) in [6, 6.07) is 4.19. The topological polar surface area (TPSA) is 74.6 Å². The summed E-state index contributed by atoms with van der Waals surface area (Å²) >= 11 is 5.77. The number of hydrogen-bond acceptors (Lipinski definition) is 3. The van der Waals surface area contributed by atoms with E-state index in [-0.39, 0.29) is 41.1 Å². The standard InChI is InChI=1S/C22H21ClF3N3O3/c1-12(16-11-28(2)21(31)15-10-20(26)19(25)9-14(15)16)29(6-3-7-30)22(32)27-13-4-5-18(24)17(23)8-13/h4-5,8-12,30H,3,6-7H2,1-2H3,(H,27,32)/t12-/m1/s1. The van der Waals surface area contributed by atoms with E-state index in [2.05, 4.69) is 5.32 Å². The monoisotopic (exact) mass is 467 g/mol. The zero-order valence-corrected chi connectivity index (χ0v) is 18.1. The molecule has 0 radical (unpaired) electrons. The molecular formula is C22H21ClF3N3O3. The second kappa shape index (κ2) is 9.62. The van der Waals surface area contributed by atoms with Crippen LogP contribution in [0.25, 0.3) is 10.8 Å². The number of carbonyl (C=O) groups excluding carboxylic acids is 1. The third kappa shape index (κ3) is 4.73. The quantitative estimate of drug-likeness (QED) is 0.557. The number of anilines is 1. The number of aliphatic hydroxyl groups excluding tert-OH is 1. The number of benzene rings is 2. The zero-order valence-electron chi connectivity index (χ0n) is 17.3. The lowest BCUT2D eigenvalue weighted by Crippen LogP contribution is -2.38. The maximum atomic E-state index is 14.0. The number of fused-ring (bicyclic) bond motifs is 1. The molecule has 1 heterocycles. The van der Waals surface area contributed by atoms with E-state index in [9.17, 15) is 27.9 Å². The van der Waals surface area contributed by atoms with Gasteiger partial charge in [0.2, 0.25) is 0 Å². The fraction of sp³-hybridized carbons (Fsp3) is 0.273. The van der Waals surface area contributed by atoms with Crippen LogP contribution < -0.4 is 10.9 Å². The van der Waals surface area contributed by atoms with Gasteiger partial charge in [-0.15, -0.1) is 0 Å². The summed E-state index contributed by atoms with van der Waals surface area (Å²) in [7, 11) is 1.47. The predicted octanol–water partition coefficient (Wildman–Crippen LogP) is 4.59. The van der Waals surface area contributed by atoms with Gasteiger partial charge in [-0.3, -0.25) is 4.79 Å². The molecule has 0 bridgehead atoms. The highest BCUT2D eigenvalue weighted by molar-refractivity contribution is 6.31. The molecule has 1 aromatic heterocycles. The molecule has 0 saturated heterocycles. The number of hydrogen-bond donors (Lipinski definition) is 2. The number of nitrogens with zero attached hydrogens (tertiary/aromatic N) is 2. The number of aromatic nitrogens is 1. The van der Waals surface area contributed by atoms with Crippen molar-refractivity contribution in [3.63, 3.8) is 0 Å². The third-order valence-electron chi connectivity index (χ3n) is 5.16. The first-order chi connectivity index (χ1) is 15.1. The Kier molecular flexibility index (Phi) is 7.10. The van der Waals surface area contributed by atoms with Crippen molar-refractivity contribution in [2.45, 2.75) is 19.4 Å². The van der Waals surface area contributed by atoms with Gasteiger partial charge in [-0.25, -0.2) is 18.0 Å². The Hall–Kier alpha value is -3.04. The van der Waals surface area contributed by atoms with Gasteiger partial charge in [0.25, 0.3) is 5.56 Å².